The van der Waals surface area contributed by atoms with Crippen LogP contribution in [0.25, 0.3) is 0 Å². The van der Waals surface area contributed by atoms with Crippen LogP contribution >= 0.6 is 15.6 Å². The quantitative estimate of drug-likeness (QED) is 0.201. The van der Waals surface area contributed by atoms with Gasteiger partial charge in [-0.15, -0.1) is 0 Å². The van der Waals surface area contributed by atoms with Crippen LogP contribution in [0.15, 0.2) is 18.2 Å². The van der Waals surface area contributed by atoms with Crippen molar-refractivity contribution in [3.05, 3.63) is 23.8 Å². The maximum atomic E-state index is 10.4. The summed E-state index contributed by atoms with van der Waals surface area (Å²) in [6.45, 7) is 0. The zero-order valence-electron chi connectivity index (χ0n) is 11.7. The van der Waals surface area contributed by atoms with Gasteiger partial charge in [0.25, 0.3) is 0 Å². The standard InChI is InChI=1S/C9H11NO4.2H3O4P/c10-6(9(13)14)3-5-1-2-7(11)8(12)4-5;2*1-5(2,3)4/h1-2,4,6,11-12H,3,10H2,(H,13,14);2*(H3,1,2,3,4). The van der Waals surface area contributed by atoms with Crippen LogP contribution in [0.1, 0.15) is 5.56 Å². The van der Waals surface area contributed by atoms with E-state index >= 15 is 0 Å². The molecule has 1 aromatic rings. The summed E-state index contributed by atoms with van der Waals surface area (Å²) in [5.41, 5.74) is 5.86. The number of nitrogens with two attached hydrogens (primary N) is 1. The molecular weight excluding hydrogens is 376 g/mol. The Bertz CT molecular complexity index is 586. The second-order valence-corrected chi connectivity index (χ2v) is 6.05. The summed E-state index contributed by atoms with van der Waals surface area (Å²) in [6, 6.07) is 3.09. The Labute approximate surface area is 134 Å². The summed E-state index contributed by atoms with van der Waals surface area (Å²) >= 11 is 0. The Balaban J connectivity index is 0. The van der Waals surface area contributed by atoms with Crippen molar-refractivity contribution >= 4 is 21.6 Å². The van der Waals surface area contributed by atoms with Gasteiger partial charge in [-0.05, 0) is 24.1 Å². The lowest BCUT2D eigenvalue weighted by atomic mass is 10.1. The minimum Gasteiger partial charge on any atom is -0.504 e. The SMILES string of the molecule is NC(Cc1ccc(O)c(O)c1)C(=O)O.O=P(O)(O)O.O=P(O)(O)O. The van der Waals surface area contributed by atoms with Crippen molar-refractivity contribution < 1.29 is 58.6 Å². The molecule has 11 N–H and O–H groups in total. The summed E-state index contributed by atoms with van der Waals surface area (Å²) in [7, 11) is -9.28. The molecule has 0 aliphatic rings. The number of aromatic hydroxyl groups is 2. The third kappa shape index (κ3) is 20.5. The molecule has 0 spiro atoms. The van der Waals surface area contributed by atoms with Gasteiger partial charge in [0.1, 0.15) is 6.04 Å². The molecule has 1 rings (SSSR count). The molecule has 13 nitrogen and oxygen atoms in total. The first-order valence-corrected chi connectivity index (χ1v) is 8.69. The lowest BCUT2D eigenvalue weighted by Crippen LogP contribution is -2.32. The van der Waals surface area contributed by atoms with E-state index in [-0.39, 0.29) is 17.9 Å². The molecule has 0 fully saturated rings. The van der Waals surface area contributed by atoms with Crippen LogP contribution in [0.3, 0.4) is 0 Å². The summed E-state index contributed by atoms with van der Waals surface area (Å²) in [4.78, 5) is 53.5. The van der Waals surface area contributed by atoms with E-state index in [9.17, 15) is 4.79 Å². The molecule has 0 bridgehead atoms. The van der Waals surface area contributed by atoms with Gasteiger partial charge in [0.2, 0.25) is 0 Å². The first-order chi connectivity index (χ1) is 10.5. The number of carboxylic acid groups (broad SMARTS) is 1. The lowest BCUT2D eigenvalue weighted by molar-refractivity contribution is -0.138. The molecule has 0 radical (unpaired) electrons. The van der Waals surface area contributed by atoms with Crippen molar-refractivity contribution in [3.8, 4) is 11.5 Å². The van der Waals surface area contributed by atoms with Crippen LogP contribution in [0.4, 0.5) is 0 Å². The van der Waals surface area contributed by atoms with Gasteiger partial charge >= 0.3 is 21.6 Å². The van der Waals surface area contributed by atoms with E-state index in [4.69, 9.17) is 59.5 Å². The molecule has 1 aromatic carbocycles. The fraction of sp³-hybridized carbons (Fsp3) is 0.222. The summed E-state index contributed by atoms with van der Waals surface area (Å²) in [5.74, 6) is -1.62. The highest BCUT2D eigenvalue weighted by atomic mass is 31.2. The van der Waals surface area contributed by atoms with Crippen molar-refractivity contribution in [1.29, 1.82) is 0 Å². The zero-order chi connectivity index (χ0) is 19.7. The Morgan fingerprint density at radius 3 is 1.62 bits per heavy atom. The summed E-state index contributed by atoms with van der Waals surface area (Å²) in [6.07, 6.45) is 0.114. The number of hydrogen-bond donors (Lipinski definition) is 10. The molecular formula is C9H17NO12P2. The molecule has 0 saturated carbocycles. The molecule has 1 atom stereocenters. The minimum atomic E-state index is -4.64. The second kappa shape index (κ2) is 10.4. The van der Waals surface area contributed by atoms with Gasteiger partial charge in [-0.25, -0.2) is 9.13 Å². The number of hydrogen-bond acceptors (Lipinski definition) is 6. The molecule has 0 heterocycles. The van der Waals surface area contributed by atoms with Crippen LogP contribution in [0.2, 0.25) is 0 Å². The van der Waals surface area contributed by atoms with Crippen LogP contribution in [-0.2, 0) is 20.3 Å². The lowest BCUT2D eigenvalue weighted by Gasteiger charge is -2.06. The topological polar surface area (TPSA) is 259 Å². The molecule has 140 valence electrons. The van der Waals surface area contributed by atoms with Gasteiger partial charge in [0, 0.05) is 0 Å². The normalized spacial score (nSPS) is 12.1. The van der Waals surface area contributed by atoms with E-state index in [1.54, 1.807) is 0 Å². The third-order valence-electron chi connectivity index (χ3n) is 1.81. The van der Waals surface area contributed by atoms with E-state index in [0.29, 0.717) is 5.56 Å². The van der Waals surface area contributed by atoms with Crippen LogP contribution in [0.5, 0.6) is 11.5 Å². The Morgan fingerprint density at radius 2 is 1.33 bits per heavy atom. The van der Waals surface area contributed by atoms with Gasteiger partial charge in [-0.1, -0.05) is 6.07 Å². The molecule has 0 saturated heterocycles. The van der Waals surface area contributed by atoms with E-state index in [1.807, 2.05) is 0 Å². The number of carbonyl (C=O) groups is 1. The molecule has 0 aromatic heterocycles. The van der Waals surface area contributed by atoms with Crippen LogP contribution < -0.4 is 5.73 Å². The Kier molecular flexibility index (Phi) is 10.7. The van der Waals surface area contributed by atoms with Gasteiger partial charge in [0.15, 0.2) is 11.5 Å². The highest BCUT2D eigenvalue weighted by Crippen LogP contribution is 2.26. The molecule has 0 aliphatic heterocycles. The third-order valence-corrected chi connectivity index (χ3v) is 1.81. The largest absolute Gasteiger partial charge is 0.504 e. The number of phosphoric acid groups is 2. The van der Waals surface area contributed by atoms with Gasteiger partial charge in [0.05, 0.1) is 0 Å². The van der Waals surface area contributed by atoms with Crippen molar-refractivity contribution in [2.75, 3.05) is 0 Å². The minimum absolute atomic E-state index is 0.114. The molecule has 0 amide bonds. The van der Waals surface area contributed by atoms with Gasteiger partial charge in [-0.2, -0.15) is 0 Å². The Morgan fingerprint density at radius 1 is 0.958 bits per heavy atom. The summed E-state index contributed by atoms with van der Waals surface area (Å²) in [5, 5.41) is 26.6. The Hall–Kier alpha value is -1.53. The maximum Gasteiger partial charge on any atom is 0.466 e. The first-order valence-electron chi connectivity index (χ1n) is 5.56. The van der Waals surface area contributed by atoms with Crippen molar-refractivity contribution in [3.63, 3.8) is 0 Å². The predicted molar refractivity (Wildman–Crippen MR) is 77.6 cm³/mol. The van der Waals surface area contributed by atoms with Crippen molar-refractivity contribution in [1.82, 2.24) is 0 Å². The number of carboxylic acids is 1. The van der Waals surface area contributed by atoms with Crippen molar-refractivity contribution in [2.24, 2.45) is 5.73 Å². The fourth-order valence-electron chi connectivity index (χ4n) is 1.04. The van der Waals surface area contributed by atoms with E-state index in [2.05, 4.69) is 0 Å². The van der Waals surface area contributed by atoms with Gasteiger partial charge < -0.3 is 50.4 Å². The number of rotatable bonds is 3. The number of aliphatic carboxylic acids is 1. The highest BCUT2D eigenvalue weighted by Gasteiger charge is 2.12. The van der Waals surface area contributed by atoms with Crippen LogP contribution in [-0.4, -0.2) is 56.7 Å². The van der Waals surface area contributed by atoms with E-state index in [0.717, 1.165) is 0 Å². The smallest absolute Gasteiger partial charge is 0.466 e. The highest BCUT2D eigenvalue weighted by molar-refractivity contribution is 7.45. The number of benzene rings is 1. The average Bonchev–Trinajstić information content (AvgIpc) is 2.29. The van der Waals surface area contributed by atoms with Crippen molar-refractivity contribution in [2.45, 2.75) is 12.5 Å². The van der Waals surface area contributed by atoms with E-state index < -0.39 is 27.7 Å². The second-order valence-electron chi connectivity index (χ2n) is 4.00. The fourth-order valence-corrected chi connectivity index (χ4v) is 1.04. The first kappa shape index (κ1) is 24.7. The predicted octanol–water partition coefficient (Wildman–Crippen LogP) is -1.81. The molecule has 15 heteroatoms. The number of phenolic OH excluding ortho intramolecular Hbond substituents is 2. The molecule has 0 aliphatic carbocycles. The average molecular weight is 393 g/mol. The van der Waals surface area contributed by atoms with E-state index in [1.165, 1.54) is 18.2 Å². The summed E-state index contributed by atoms with van der Waals surface area (Å²) < 4.78 is 17.8. The zero-order valence-corrected chi connectivity index (χ0v) is 13.5. The monoisotopic (exact) mass is 393 g/mol. The van der Waals surface area contributed by atoms with Crippen LogP contribution in [0, 0.1) is 0 Å². The molecule has 1 unspecified atom stereocenters. The van der Waals surface area contributed by atoms with Gasteiger partial charge in [-0.3, -0.25) is 4.79 Å². The number of phenols is 2. The molecule has 24 heavy (non-hydrogen) atoms. The maximum absolute atomic E-state index is 10.4.